The Kier molecular flexibility index (Phi) is 7.41. The van der Waals surface area contributed by atoms with E-state index in [1.807, 2.05) is 19.1 Å². The van der Waals surface area contributed by atoms with Gasteiger partial charge in [-0.15, -0.1) is 0 Å². The van der Waals surface area contributed by atoms with Crippen LogP contribution in [-0.2, 0) is 6.54 Å². The van der Waals surface area contributed by atoms with Crippen molar-refractivity contribution in [2.75, 3.05) is 20.2 Å². The highest BCUT2D eigenvalue weighted by molar-refractivity contribution is 9.10. The van der Waals surface area contributed by atoms with Gasteiger partial charge in [0.25, 0.3) is 5.91 Å². The number of ether oxygens (including phenoxy) is 1. The second-order valence-electron chi connectivity index (χ2n) is 5.86. The van der Waals surface area contributed by atoms with E-state index >= 15 is 0 Å². The van der Waals surface area contributed by atoms with Crippen molar-refractivity contribution in [1.82, 2.24) is 15.3 Å². The van der Waals surface area contributed by atoms with Crippen molar-refractivity contribution < 1.29 is 9.53 Å². The summed E-state index contributed by atoms with van der Waals surface area (Å²) in [6.45, 7) is 8.90. The predicted octanol–water partition coefficient (Wildman–Crippen LogP) is 3.78. The molecule has 1 aromatic carbocycles. The van der Waals surface area contributed by atoms with Crippen LogP contribution in [0, 0.1) is 0 Å². The van der Waals surface area contributed by atoms with Gasteiger partial charge >= 0.3 is 0 Å². The zero-order valence-electron chi connectivity index (χ0n) is 15.6. The molecule has 0 bridgehead atoms. The minimum absolute atomic E-state index is 0.285. The van der Waals surface area contributed by atoms with Crippen molar-refractivity contribution in [1.29, 1.82) is 0 Å². The highest BCUT2D eigenvalue weighted by Gasteiger charge is 2.11. The average molecular weight is 421 g/mol. The normalized spacial score (nSPS) is 11.7. The summed E-state index contributed by atoms with van der Waals surface area (Å²) in [7, 11) is 1.68. The fraction of sp³-hybridized carbons (Fsp3) is 0.368. The van der Waals surface area contributed by atoms with Crippen LogP contribution in [-0.4, -0.2) is 41.7 Å². The van der Waals surface area contributed by atoms with E-state index in [-0.39, 0.29) is 5.91 Å². The molecule has 0 unspecified atom stereocenters. The van der Waals surface area contributed by atoms with Crippen LogP contribution >= 0.6 is 15.9 Å². The third-order valence-electron chi connectivity index (χ3n) is 4.20. The SMILES string of the molecule is CCN(CC)Cc1cc(/C(C)=N\NC(=O)c2cc(Br)c[nH]2)ccc1OC. The molecule has 1 amide bonds. The molecule has 0 aliphatic rings. The Balaban J connectivity index is 2.16. The molecule has 1 aromatic heterocycles. The lowest BCUT2D eigenvalue weighted by Crippen LogP contribution is -2.23. The number of nitrogens with one attached hydrogen (secondary N) is 2. The number of aromatic amines is 1. The molecule has 7 heteroatoms. The molecule has 0 fully saturated rings. The number of hydrogen-bond donors (Lipinski definition) is 2. The largest absolute Gasteiger partial charge is 0.496 e. The van der Waals surface area contributed by atoms with Crippen molar-refractivity contribution in [3.05, 3.63) is 51.8 Å². The summed E-state index contributed by atoms with van der Waals surface area (Å²) in [6.07, 6.45) is 1.70. The Hall–Kier alpha value is -2.12. The smallest absolute Gasteiger partial charge is 0.287 e. The number of hydrazone groups is 1. The van der Waals surface area contributed by atoms with Gasteiger partial charge in [0.2, 0.25) is 0 Å². The number of carbonyl (C=O) groups is 1. The van der Waals surface area contributed by atoms with Gasteiger partial charge in [0.15, 0.2) is 0 Å². The molecule has 0 aliphatic carbocycles. The molecule has 0 saturated carbocycles. The minimum atomic E-state index is -0.285. The van der Waals surface area contributed by atoms with Crippen LogP contribution in [0.5, 0.6) is 5.75 Å². The van der Waals surface area contributed by atoms with Crippen LogP contribution in [0.3, 0.4) is 0 Å². The van der Waals surface area contributed by atoms with Crippen molar-refractivity contribution in [2.45, 2.75) is 27.3 Å². The molecule has 6 nitrogen and oxygen atoms in total. The van der Waals surface area contributed by atoms with E-state index in [1.165, 1.54) is 0 Å². The fourth-order valence-corrected chi connectivity index (χ4v) is 2.92. The van der Waals surface area contributed by atoms with Gasteiger partial charge in [-0.25, -0.2) is 5.43 Å². The van der Waals surface area contributed by atoms with E-state index in [9.17, 15) is 4.79 Å². The zero-order chi connectivity index (χ0) is 19.1. The van der Waals surface area contributed by atoms with Crippen molar-refractivity contribution in [3.63, 3.8) is 0 Å². The summed E-state index contributed by atoms with van der Waals surface area (Å²) in [6, 6.07) is 7.65. The van der Waals surface area contributed by atoms with Crippen LogP contribution in [0.15, 0.2) is 40.0 Å². The van der Waals surface area contributed by atoms with Crippen LogP contribution < -0.4 is 10.2 Å². The Bertz CT molecular complexity index is 782. The van der Waals surface area contributed by atoms with E-state index < -0.39 is 0 Å². The summed E-state index contributed by atoms with van der Waals surface area (Å²) in [5, 5.41) is 4.22. The van der Waals surface area contributed by atoms with Crippen LogP contribution in [0.4, 0.5) is 0 Å². The number of nitrogens with zero attached hydrogens (tertiary/aromatic N) is 2. The van der Waals surface area contributed by atoms with Gasteiger partial charge in [0.05, 0.1) is 12.8 Å². The Morgan fingerprint density at radius 1 is 1.31 bits per heavy atom. The summed E-state index contributed by atoms with van der Waals surface area (Å²) >= 11 is 3.31. The fourth-order valence-electron chi connectivity index (χ4n) is 2.57. The monoisotopic (exact) mass is 420 g/mol. The quantitative estimate of drug-likeness (QED) is 0.504. The lowest BCUT2D eigenvalue weighted by Gasteiger charge is -2.20. The molecule has 140 valence electrons. The number of halogens is 1. The highest BCUT2D eigenvalue weighted by atomic mass is 79.9. The summed E-state index contributed by atoms with van der Waals surface area (Å²) < 4.78 is 6.30. The maximum Gasteiger partial charge on any atom is 0.287 e. The molecule has 0 radical (unpaired) electrons. The van der Waals surface area contributed by atoms with Crippen LogP contribution in [0.25, 0.3) is 0 Å². The molecule has 0 atom stereocenters. The first-order valence-electron chi connectivity index (χ1n) is 8.56. The third-order valence-corrected chi connectivity index (χ3v) is 4.66. The van der Waals surface area contributed by atoms with E-state index in [0.717, 1.165) is 46.7 Å². The lowest BCUT2D eigenvalue weighted by molar-refractivity contribution is 0.0950. The van der Waals surface area contributed by atoms with Crippen molar-refractivity contribution in [2.24, 2.45) is 5.10 Å². The maximum atomic E-state index is 12.1. The lowest BCUT2D eigenvalue weighted by atomic mass is 10.1. The number of amides is 1. The number of benzene rings is 1. The van der Waals surface area contributed by atoms with Crippen LogP contribution in [0.2, 0.25) is 0 Å². The number of H-pyrrole nitrogens is 1. The number of rotatable bonds is 8. The standard InChI is InChI=1S/C19H25BrN4O2/c1-5-24(6-2)12-15-9-14(7-8-18(15)26-4)13(3)22-23-19(25)17-10-16(20)11-21-17/h7-11,21H,5-6,12H2,1-4H3,(H,23,25)/b22-13-. The van der Waals surface area contributed by atoms with Gasteiger partial charge < -0.3 is 9.72 Å². The first-order valence-corrected chi connectivity index (χ1v) is 9.35. The molecule has 26 heavy (non-hydrogen) atoms. The molecule has 0 spiro atoms. The molecule has 0 saturated heterocycles. The molecule has 2 N–H and O–H groups in total. The van der Waals surface area contributed by atoms with Crippen LogP contribution in [0.1, 0.15) is 42.4 Å². The topological polar surface area (TPSA) is 69.7 Å². The van der Waals surface area contributed by atoms with Gasteiger partial charge in [-0.05, 0) is 65.8 Å². The Morgan fingerprint density at radius 3 is 2.62 bits per heavy atom. The predicted molar refractivity (Wildman–Crippen MR) is 108 cm³/mol. The zero-order valence-corrected chi connectivity index (χ0v) is 17.2. The molecular weight excluding hydrogens is 396 g/mol. The number of hydrogen-bond acceptors (Lipinski definition) is 4. The number of carbonyl (C=O) groups excluding carboxylic acids is 1. The maximum absolute atomic E-state index is 12.1. The minimum Gasteiger partial charge on any atom is -0.496 e. The van der Waals surface area contributed by atoms with E-state index in [4.69, 9.17) is 4.74 Å². The molecule has 2 aromatic rings. The Labute approximate surface area is 162 Å². The van der Waals surface area contributed by atoms with Gasteiger partial charge in [-0.2, -0.15) is 5.10 Å². The van der Waals surface area contributed by atoms with E-state index in [2.05, 4.69) is 56.3 Å². The molecule has 1 heterocycles. The van der Waals surface area contributed by atoms with Crippen molar-refractivity contribution in [3.8, 4) is 5.75 Å². The summed E-state index contributed by atoms with van der Waals surface area (Å²) in [5.74, 6) is 0.570. The summed E-state index contributed by atoms with van der Waals surface area (Å²) in [4.78, 5) is 17.3. The first kappa shape index (κ1) is 20.2. The molecule has 0 aliphatic heterocycles. The first-order chi connectivity index (χ1) is 12.5. The van der Waals surface area contributed by atoms with E-state index in [0.29, 0.717) is 5.69 Å². The molecular formula is C19H25BrN4O2. The second kappa shape index (κ2) is 9.54. The van der Waals surface area contributed by atoms with Crippen molar-refractivity contribution >= 4 is 27.5 Å². The summed E-state index contributed by atoms with van der Waals surface area (Å²) in [5.41, 5.74) is 5.80. The third kappa shape index (κ3) is 5.19. The number of methoxy groups -OCH3 is 1. The van der Waals surface area contributed by atoms with Gasteiger partial charge in [-0.1, -0.05) is 13.8 Å². The highest BCUT2D eigenvalue weighted by Crippen LogP contribution is 2.22. The molecule has 2 rings (SSSR count). The van der Waals surface area contributed by atoms with Gasteiger partial charge in [0.1, 0.15) is 11.4 Å². The van der Waals surface area contributed by atoms with Gasteiger partial charge in [0, 0.05) is 22.8 Å². The Morgan fingerprint density at radius 2 is 2.04 bits per heavy atom. The number of aromatic nitrogens is 1. The van der Waals surface area contributed by atoms with E-state index in [1.54, 1.807) is 19.4 Å². The average Bonchev–Trinajstić information content (AvgIpc) is 3.10. The second-order valence-corrected chi connectivity index (χ2v) is 6.77. The van der Waals surface area contributed by atoms with Gasteiger partial charge in [-0.3, -0.25) is 9.69 Å².